The molecule has 2 saturated heterocycles. The lowest BCUT2D eigenvalue weighted by molar-refractivity contribution is 0.0294. The van der Waals surface area contributed by atoms with Gasteiger partial charge >= 0.3 is 0 Å². The van der Waals surface area contributed by atoms with Crippen LogP contribution in [-0.4, -0.2) is 41.4 Å². The summed E-state index contributed by atoms with van der Waals surface area (Å²) in [5.74, 6) is 0.631. The average Bonchev–Trinajstić information content (AvgIpc) is 3.17. The van der Waals surface area contributed by atoms with Gasteiger partial charge in [0.25, 0.3) is 0 Å². The molecule has 0 spiro atoms. The number of aromatic nitrogens is 1. The molecule has 3 aliphatic rings. The van der Waals surface area contributed by atoms with E-state index in [9.17, 15) is 0 Å². The molecule has 4 rings (SSSR count). The number of fused-ring (bicyclic) bond motifs is 5. The summed E-state index contributed by atoms with van der Waals surface area (Å²) in [7, 11) is 0. The molecule has 3 unspecified atom stereocenters. The Hall–Kier alpha value is -0.870. The Labute approximate surface area is 121 Å². The van der Waals surface area contributed by atoms with Crippen LogP contribution in [0.2, 0.25) is 0 Å². The van der Waals surface area contributed by atoms with E-state index >= 15 is 0 Å². The lowest BCUT2D eigenvalue weighted by Gasteiger charge is -2.34. The zero-order chi connectivity index (χ0) is 14.2. The van der Waals surface area contributed by atoms with Crippen LogP contribution >= 0.6 is 0 Å². The standard InChI is InChI=1S/C14H20N2O2.C2H6/c1-2-17-9-14-4-3-5-16(14)13-6-12-11(8-18-15-12)10(13)7-14;1-2/h8,10,13H,2-7,9H2,1H3;1-2H3. The second-order valence-corrected chi connectivity index (χ2v) is 5.96. The maximum absolute atomic E-state index is 5.78. The van der Waals surface area contributed by atoms with Crippen molar-refractivity contribution in [3.05, 3.63) is 17.5 Å². The molecular formula is C16H26N2O2. The predicted octanol–water partition coefficient (Wildman–Crippen LogP) is 2.98. The number of hydrogen-bond donors (Lipinski definition) is 0. The largest absolute Gasteiger partial charge is 0.380 e. The summed E-state index contributed by atoms with van der Waals surface area (Å²) in [6.45, 7) is 9.04. The Bertz CT molecular complexity index is 459. The highest BCUT2D eigenvalue weighted by molar-refractivity contribution is 5.34. The number of ether oxygens (including phenoxy) is 1. The van der Waals surface area contributed by atoms with E-state index in [1.165, 1.54) is 37.1 Å². The fourth-order valence-corrected chi connectivity index (χ4v) is 4.46. The Morgan fingerprint density at radius 1 is 1.50 bits per heavy atom. The molecule has 1 aromatic heterocycles. The van der Waals surface area contributed by atoms with Gasteiger partial charge in [-0.15, -0.1) is 0 Å². The van der Waals surface area contributed by atoms with Gasteiger partial charge in [0.2, 0.25) is 0 Å². The van der Waals surface area contributed by atoms with E-state index in [4.69, 9.17) is 9.26 Å². The quantitative estimate of drug-likeness (QED) is 0.852. The van der Waals surface area contributed by atoms with Gasteiger partial charge in [-0.3, -0.25) is 4.90 Å². The van der Waals surface area contributed by atoms with Crippen molar-refractivity contribution in [2.75, 3.05) is 19.8 Å². The average molecular weight is 278 g/mol. The van der Waals surface area contributed by atoms with E-state index in [0.717, 1.165) is 19.6 Å². The lowest BCUT2D eigenvalue weighted by Crippen LogP contribution is -2.46. The molecule has 0 aromatic carbocycles. The molecule has 0 saturated carbocycles. The lowest BCUT2D eigenvalue weighted by atomic mass is 9.88. The van der Waals surface area contributed by atoms with Crippen LogP contribution in [0.3, 0.4) is 0 Å². The van der Waals surface area contributed by atoms with Gasteiger partial charge in [-0.1, -0.05) is 19.0 Å². The molecular weight excluding hydrogens is 252 g/mol. The van der Waals surface area contributed by atoms with Gasteiger partial charge in [0.15, 0.2) is 0 Å². The molecule has 4 heteroatoms. The Balaban J connectivity index is 0.000000581. The molecule has 2 aliphatic heterocycles. The maximum atomic E-state index is 5.78. The van der Waals surface area contributed by atoms with E-state index in [2.05, 4.69) is 17.0 Å². The summed E-state index contributed by atoms with van der Waals surface area (Å²) in [6.07, 6.45) is 6.78. The second-order valence-electron chi connectivity index (χ2n) is 5.96. The Morgan fingerprint density at radius 3 is 3.15 bits per heavy atom. The smallest absolute Gasteiger partial charge is 0.127 e. The summed E-state index contributed by atoms with van der Waals surface area (Å²) < 4.78 is 10.9. The molecule has 0 N–H and O–H groups in total. The van der Waals surface area contributed by atoms with E-state index in [1.54, 1.807) is 0 Å². The molecule has 0 radical (unpaired) electrons. The normalized spacial score (nSPS) is 34.4. The third-order valence-corrected chi connectivity index (χ3v) is 5.17. The molecule has 2 fully saturated rings. The topological polar surface area (TPSA) is 38.5 Å². The zero-order valence-corrected chi connectivity index (χ0v) is 12.9. The van der Waals surface area contributed by atoms with Crippen molar-refractivity contribution in [1.29, 1.82) is 0 Å². The van der Waals surface area contributed by atoms with Gasteiger partial charge in [-0.05, 0) is 32.7 Å². The zero-order valence-electron chi connectivity index (χ0n) is 12.9. The van der Waals surface area contributed by atoms with Gasteiger partial charge in [-0.25, -0.2) is 0 Å². The van der Waals surface area contributed by atoms with Crippen molar-refractivity contribution in [2.24, 2.45) is 0 Å². The molecule has 20 heavy (non-hydrogen) atoms. The van der Waals surface area contributed by atoms with Gasteiger partial charge < -0.3 is 9.26 Å². The number of rotatable bonds is 3. The van der Waals surface area contributed by atoms with Crippen molar-refractivity contribution < 1.29 is 9.26 Å². The molecule has 4 nitrogen and oxygen atoms in total. The Kier molecular flexibility index (Phi) is 3.87. The predicted molar refractivity (Wildman–Crippen MR) is 77.9 cm³/mol. The molecule has 0 bridgehead atoms. The fourth-order valence-electron chi connectivity index (χ4n) is 4.46. The van der Waals surface area contributed by atoms with Gasteiger partial charge in [0, 0.05) is 36.1 Å². The minimum atomic E-state index is 0.306. The van der Waals surface area contributed by atoms with Gasteiger partial charge in [0.1, 0.15) is 6.26 Å². The van der Waals surface area contributed by atoms with Crippen LogP contribution in [0.25, 0.3) is 0 Å². The summed E-state index contributed by atoms with van der Waals surface area (Å²) in [4.78, 5) is 2.72. The minimum absolute atomic E-state index is 0.306. The second kappa shape index (κ2) is 5.49. The van der Waals surface area contributed by atoms with Crippen LogP contribution in [0.15, 0.2) is 10.8 Å². The molecule has 3 heterocycles. The summed E-state index contributed by atoms with van der Waals surface area (Å²) >= 11 is 0. The summed E-state index contributed by atoms with van der Waals surface area (Å²) in [6, 6.07) is 0.654. The third kappa shape index (κ3) is 1.92. The SMILES string of the molecule is CC.CCOCC12CCCN1C1Cc3nocc3C1C2. The first-order valence-electron chi connectivity index (χ1n) is 8.12. The van der Waals surface area contributed by atoms with Gasteiger partial charge in [0.05, 0.1) is 12.3 Å². The van der Waals surface area contributed by atoms with Crippen LogP contribution in [0, 0.1) is 0 Å². The van der Waals surface area contributed by atoms with E-state index < -0.39 is 0 Å². The molecule has 112 valence electrons. The van der Waals surface area contributed by atoms with Crippen LogP contribution in [0.4, 0.5) is 0 Å². The summed E-state index contributed by atoms with van der Waals surface area (Å²) in [5.41, 5.74) is 2.87. The number of nitrogens with zero attached hydrogens (tertiary/aromatic N) is 2. The van der Waals surface area contributed by atoms with Crippen molar-refractivity contribution in [3.8, 4) is 0 Å². The van der Waals surface area contributed by atoms with E-state index in [0.29, 0.717) is 17.5 Å². The van der Waals surface area contributed by atoms with Gasteiger partial charge in [-0.2, -0.15) is 0 Å². The molecule has 3 atom stereocenters. The fraction of sp³-hybridized carbons (Fsp3) is 0.812. The van der Waals surface area contributed by atoms with E-state index in [-0.39, 0.29) is 0 Å². The third-order valence-electron chi connectivity index (χ3n) is 5.17. The molecule has 1 aliphatic carbocycles. The van der Waals surface area contributed by atoms with Crippen LogP contribution in [-0.2, 0) is 11.2 Å². The van der Waals surface area contributed by atoms with Crippen molar-refractivity contribution >= 4 is 0 Å². The highest BCUT2D eigenvalue weighted by Gasteiger charge is 2.57. The minimum Gasteiger partial charge on any atom is -0.380 e. The van der Waals surface area contributed by atoms with Crippen LogP contribution < -0.4 is 0 Å². The first-order valence-corrected chi connectivity index (χ1v) is 8.12. The first-order chi connectivity index (χ1) is 9.84. The Morgan fingerprint density at radius 2 is 2.35 bits per heavy atom. The highest BCUT2D eigenvalue weighted by Crippen LogP contribution is 2.53. The van der Waals surface area contributed by atoms with Crippen molar-refractivity contribution in [2.45, 2.75) is 64.0 Å². The molecule has 0 amide bonds. The van der Waals surface area contributed by atoms with Crippen LogP contribution in [0.5, 0.6) is 0 Å². The van der Waals surface area contributed by atoms with E-state index in [1.807, 2.05) is 20.1 Å². The van der Waals surface area contributed by atoms with Crippen molar-refractivity contribution in [3.63, 3.8) is 0 Å². The van der Waals surface area contributed by atoms with Crippen LogP contribution in [0.1, 0.15) is 57.2 Å². The first kappa shape index (κ1) is 14.1. The maximum Gasteiger partial charge on any atom is 0.127 e. The number of hydrogen-bond acceptors (Lipinski definition) is 4. The summed E-state index contributed by atoms with van der Waals surface area (Å²) in [5, 5.41) is 4.15. The van der Waals surface area contributed by atoms with Crippen molar-refractivity contribution in [1.82, 2.24) is 10.1 Å². The highest BCUT2D eigenvalue weighted by atomic mass is 16.5. The molecule has 1 aromatic rings. The monoisotopic (exact) mass is 278 g/mol.